The zero-order valence-electron chi connectivity index (χ0n) is 20.9. The van der Waals surface area contributed by atoms with Crippen molar-refractivity contribution in [2.24, 2.45) is 0 Å². The number of rotatable bonds is 7. The smallest absolute Gasteiger partial charge is 0.295 e. The summed E-state index contributed by atoms with van der Waals surface area (Å²) in [5.74, 6) is -1.35. The molecule has 0 radical (unpaired) electrons. The molecule has 0 saturated carbocycles. The van der Waals surface area contributed by atoms with Gasteiger partial charge in [0.2, 0.25) is 0 Å². The maximum Gasteiger partial charge on any atom is 0.295 e. The molecule has 3 aromatic rings. The maximum absolute atomic E-state index is 13.4. The fraction of sp³-hybridized carbons (Fsp3) is 0.267. The molecule has 4 rings (SSSR count). The molecule has 3 aromatic carbocycles. The SMILES string of the molecule is Cc1ccc(/C(O)=C2/C(=O)C(=O)N(CCc3ccc(F)cc3)C2c2cccc(OC(C)C)c2)cc1C. The summed E-state index contributed by atoms with van der Waals surface area (Å²) in [6.45, 7) is 7.95. The molecule has 0 spiro atoms. The van der Waals surface area contributed by atoms with Crippen molar-refractivity contribution in [2.45, 2.75) is 46.3 Å². The van der Waals surface area contributed by atoms with Crippen molar-refractivity contribution in [3.8, 4) is 5.75 Å². The summed E-state index contributed by atoms with van der Waals surface area (Å²) < 4.78 is 19.2. The Morgan fingerprint density at radius 1 is 1.00 bits per heavy atom. The van der Waals surface area contributed by atoms with Crippen molar-refractivity contribution in [1.29, 1.82) is 0 Å². The molecular weight excluding hydrogens is 457 g/mol. The molecule has 1 aliphatic heterocycles. The second-order valence-corrected chi connectivity index (χ2v) is 9.41. The molecule has 6 heteroatoms. The van der Waals surface area contributed by atoms with E-state index in [9.17, 15) is 19.1 Å². The number of benzene rings is 3. The third kappa shape index (κ3) is 5.18. The van der Waals surface area contributed by atoms with Crippen molar-refractivity contribution in [2.75, 3.05) is 6.54 Å². The van der Waals surface area contributed by atoms with Crippen molar-refractivity contribution in [1.82, 2.24) is 4.90 Å². The minimum Gasteiger partial charge on any atom is -0.507 e. The van der Waals surface area contributed by atoms with Gasteiger partial charge in [0, 0.05) is 12.1 Å². The van der Waals surface area contributed by atoms with E-state index in [1.54, 1.807) is 24.3 Å². The van der Waals surface area contributed by atoms with Gasteiger partial charge in [0.1, 0.15) is 17.3 Å². The van der Waals surface area contributed by atoms with Crippen molar-refractivity contribution >= 4 is 17.4 Å². The zero-order valence-corrected chi connectivity index (χ0v) is 20.9. The van der Waals surface area contributed by atoms with Crippen LogP contribution in [0.25, 0.3) is 5.76 Å². The van der Waals surface area contributed by atoms with E-state index in [1.807, 2.05) is 58.0 Å². The summed E-state index contributed by atoms with van der Waals surface area (Å²) in [6, 6.07) is 18.0. The number of hydrogen-bond donors (Lipinski definition) is 1. The number of Topliss-reactive ketones (excluding diaryl/α,β-unsaturated/α-hetero) is 1. The highest BCUT2D eigenvalue weighted by atomic mass is 19.1. The molecular formula is C30H30FNO4. The van der Waals surface area contributed by atoms with Crippen LogP contribution in [0.1, 0.15) is 47.7 Å². The number of ether oxygens (including phenoxy) is 1. The number of carbonyl (C=O) groups excluding carboxylic acids is 2. The van der Waals surface area contributed by atoms with Crippen LogP contribution in [0.4, 0.5) is 4.39 Å². The van der Waals surface area contributed by atoms with Crippen LogP contribution in [0, 0.1) is 19.7 Å². The molecule has 1 saturated heterocycles. The zero-order chi connectivity index (χ0) is 26.0. The lowest BCUT2D eigenvalue weighted by Gasteiger charge is -2.26. The van der Waals surface area contributed by atoms with E-state index in [0.717, 1.165) is 16.7 Å². The van der Waals surface area contributed by atoms with E-state index in [4.69, 9.17) is 4.74 Å². The Bertz CT molecular complexity index is 1330. The highest BCUT2D eigenvalue weighted by molar-refractivity contribution is 6.46. The molecule has 1 fully saturated rings. The first-order chi connectivity index (χ1) is 17.2. The van der Waals surface area contributed by atoms with Gasteiger partial charge in [-0.15, -0.1) is 0 Å². The fourth-order valence-electron chi connectivity index (χ4n) is 4.43. The monoisotopic (exact) mass is 487 g/mol. The summed E-state index contributed by atoms with van der Waals surface area (Å²) >= 11 is 0. The number of aliphatic hydroxyl groups is 1. The van der Waals surface area contributed by atoms with Crippen molar-refractivity contribution in [3.05, 3.63) is 106 Å². The number of aryl methyl sites for hydroxylation is 2. The molecule has 1 atom stereocenters. The predicted molar refractivity (Wildman–Crippen MR) is 137 cm³/mol. The normalized spacial score (nSPS) is 17.2. The van der Waals surface area contributed by atoms with E-state index >= 15 is 0 Å². The third-order valence-corrected chi connectivity index (χ3v) is 6.42. The summed E-state index contributed by atoms with van der Waals surface area (Å²) in [5.41, 5.74) is 4.05. The van der Waals surface area contributed by atoms with Crippen LogP contribution in [-0.2, 0) is 16.0 Å². The van der Waals surface area contributed by atoms with Gasteiger partial charge in [-0.1, -0.05) is 36.4 Å². The second kappa shape index (κ2) is 10.4. The Balaban J connectivity index is 1.80. The van der Waals surface area contributed by atoms with Gasteiger partial charge in [0.05, 0.1) is 17.7 Å². The molecule has 0 aliphatic carbocycles. The Morgan fingerprint density at radius 2 is 1.72 bits per heavy atom. The van der Waals surface area contributed by atoms with Crippen molar-refractivity contribution in [3.63, 3.8) is 0 Å². The van der Waals surface area contributed by atoms with Gasteiger partial charge >= 0.3 is 0 Å². The number of carbonyl (C=O) groups is 2. The van der Waals surface area contributed by atoms with E-state index < -0.39 is 17.7 Å². The van der Waals surface area contributed by atoms with Crippen LogP contribution >= 0.6 is 0 Å². The lowest BCUT2D eigenvalue weighted by molar-refractivity contribution is -0.139. The molecule has 1 heterocycles. The second-order valence-electron chi connectivity index (χ2n) is 9.41. The Labute approximate surface area is 210 Å². The van der Waals surface area contributed by atoms with Gasteiger partial charge in [-0.05, 0) is 86.7 Å². The van der Waals surface area contributed by atoms with E-state index in [1.165, 1.54) is 17.0 Å². The number of aliphatic hydroxyl groups excluding tert-OH is 1. The highest BCUT2D eigenvalue weighted by Gasteiger charge is 2.46. The summed E-state index contributed by atoms with van der Waals surface area (Å²) in [5, 5.41) is 11.3. The number of ketones is 1. The molecule has 1 aliphatic rings. The quantitative estimate of drug-likeness (QED) is 0.256. The summed E-state index contributed by atoms with van der Waals surface area (Å²) in [6.07, 6.45) is 0.371. The Morgan fingerprint density at radius 3 is 2.39 bits per heavy atom. The Kier molecular flexibility index (Phi) is 7.25. The molecule has 1 amide bonds. The van der Waals surface area contributed by atoms with Gasteiger partial charge in [-0.3, -0.25) is 9.59 Å². The average molecular weight is 488 g/mol. The van der Waals surface area contributed by atoms with Gasteiger partial charge in [-0.25, -0.2) is 4.39 Å². The lowest BCUT2D eigenvalue weighted by Crippen LogP contribution is -2.31. The molecule has 0 aromatic heterocycles. The van der Waals surface area contributed by atoms with Crippen LogP contribution in [0.5, 0.6) is 5.75 Å². The van der Waals surface area contributed by atoms with Crippen molar-refractivity contribution < 1.29 is 23.8 Å². The van der Waals surface area contributed by atoms with Gasteiger partial charge < -0.3 is 14.7 Å². The first kappa shape index (κ1) is 25.2. The van der Waals surface area contributed by atoms with E-state index in [0.29, 0.717) is 23.3 Å². The molecule has 1 unspecified atom stereocenters. The molecule has 36 heavy (non-hydrogen) atoms. The van der Waals surface area contributed by atoms with E-state index in [-0.39, 0.29) is 29.8 Å². The topological polar surface area (TPSA) is 66.8 Å². The standard InChI is InChI=1S/C30H30FNO4/c1-18(2)36-25-7-5-6-22(17-25)27-26(28(33)23-11-8-19(3)20(4)16-23)29(34)30(35)32(27)15-14-21-9-12-24(31)13-10-21/h5-13,16-18,27,33H,14-15H2,1-4H3/b28-26-. The number of likely N-dealkylation sites (tertiary alicyclic amines) is 1. The number of hydrogen-bond acceptors (Lipinski definition) is 4. The molecule has 1 N–H and O–H groups in total. The fourth-order valence-corrected chi connectivity index (χ4v) is 4.43. The van der Waals surface area contributed by atoms with Gasteiger partial charge in [0.15, 0.2) is 0 Å². The van der Waals surface area contributed by atoms with Gasteiger partial charge in [0.25, 0.3) is 11.7 Å². The predicted octanol–water partition coefficient (Wildman–Crippen LogP) is 5.89. The summed E-state index contributed by atoms with van der Waals surface area (Å²) in [7, 11) is 0. The number of halogens is 1. The minimum atomic E-state index is -0.789. The molecule has 5 nitrogen and oxygen atoms in total. The summed E-state index contributed by atoms with van der Waals surface area (Å²) in [4.78, 5) is 28.0. The molecule has 0 bridgehead atoms. The first-order valence-corrected chi connectivity index (χ1v) is 12.0. The van der Waals surface area contributed by atoms with Crippen LogP contribution in [0.2, 0.25) is 0 Å². The molecule has 186 valence electrons. The number of nitrogens with zero attached hydrogens (tertiary/aromatic N) is 1. The minimum absolute atomic E-state index is 0.0454. The lowest BCUT2D eigenvalue weighted by atomic mass is 9.94. The highest BCUT2D eigenvalue weighted by Crippen LogP contribution is 2.40. The number of amides is 1. The van der Waals surface area contributed by atoms with Crippen LogP contribution in [0.15, 0.2) is 72.3 Å². The largest absolute Gasteiger partial charge is 0.507 e. The van der Waals surface area contributed by atoms with Crippen LogP contribution in [0.3, 0.4) is 0 Å². The third-order valence-electron chi connectivity index (χ3n) is 6.42. The van der Waals surface area contributed by atoms with Crippen LogP contribution in [-0.4, -0.2) is 34.3 Å². The average Bonchev–Trinajstić information content (AvgIpc) is 3.09. The van der Waals surface area contributed by atoms with Gasteiger partial charge in [-0.2, -0.15) is 0 Å². The Hall–Kier alpha value is -3.93. The van der Waals surface area contributed by atoms with E-state index in [2.05, 4.69) is 0 Å². The maximum atomic E-state index is 13.4. The first-order valence-electron chi connectivity index (χ1n) is 12.0. The van der Waals surface area contributed by atoms with Crippen LogP contribution < -0.4 is 4.74 Å².